The van der Waals surface area contributed by atoms with E-state index in [1.165, 1.54) is 10.4 Å². The lowest BCUT2D eigenvalue weighted by Gasteiger charge is -2.26. The summed E-state index contributed by atoms with van der Waals surface area (Å²) in [6.07, 6.45) is 3.89. The SMILES string of the molecule is CCN(C1CCCC1)S(=O)(=O)c1cc(C(=O)O)sc1C. The van der Waals surface area contributed by atoms with Gasteiger partial charge in [-0.15, -0.1) is 11.3 Å². The predicted molar refractivity (Wildman–Crippen MR) is 77.8 cm³/mol. The fourth-order valence-corrected chi connectivity index (χ4v) is 5.86. The van der Waals surface area contributed by atoms with Crippen molar-refractivity contribution in [3.05, 3.63) is 15.8 Å². The second-order valence-electron chi connectivity index (χ2n) is 4.98. The first kappa shape index (κ1) is 15.5. The van der Waals surface area contributed by atoms with Crippen molar-refractivity contribution in [1.29, 1.82) is 0 Å². The molecule has 1 heterocycles. The number of rotatable bonds is 5. The molecule has 1 aromatic heterocycles. The molecule has 5 nitrogen and oxygen atoms in total. The summed E-state index contributed by atoms with van der Waals surface area (Å²) in [6, 6.07) is 1.34. The maximum Gasteiger partial charge on any atom is 0.345 e. The van der Waals surface area contributed by atoms with Crippen LogP contribution >= 0.6 is 11.3 Å². The number of nitrogens with zero attached hydrogens (tertiary/aromatic N) is 1. The van der Waals surface area contributed by atoms with Crippen molar-refractivity contribution < 1.29 is 18.3 Å². The second-order valence-corrected chi connectivity index (χ2v) is 8.10. The first-order valence-electron chi connectivity index (χ1n) is 6.73. The van der Waals surface area contributed by atoms with E-state index in [1.54, 1.807) is 6.92 Å². The minimum Gasteiger partial charge on any atom is -0.477 e. The van der Waals surface area contributed by atoms with E-state index in [0.717, 1.165) is 37.0 Å². The van der Waals surface area contributed by atoms with Gasteiger partial charge < -0.3 is 5.11 Å². The van der Waals surface area contributed by atoms with Crippen molar-refractivity contribution in [3.8, 4) is 0 Å². The molecule has 0 radical (unpaired) electrons. The third-order valence-electron chi connectivity index (χ3n) is 3.71. The maximum atomic E-state index is 12.7. The van der Waals surface area contributed by atoms with Crippen molar-refractivity contribution >= 4 is 27.3 Å². The molecule has 1 aliphatic rings. The smallest absolute Gasteiger partial charge is 0.345 e. The van der Waals surface area contributed by atoms with Crippen LogP contribution in [0.1, 0.15) is 47.2 Å². The minimum atomic E-state index is -3.60. The van der Waals surface area contributed by atoms with Crippen molar-refractivity contribution in [3.63, 3.8) is 0 Å². The van der Waals surface area contributed by atoms with Crippen molar-refractivity contribution in [2.45, 2.75) is 50.5 Å². The fraction of sp³-hybridized carbons (Fsp3) is 0.615. The van der Waals surface area contributed by atoms with Crippen LogP contribution in [0.25, 0.3) is 0 Å². The van der Waals surface area contributed by atoms with Crippen LogP contribution in [0.2, 0.25) is 0 Å². The van der Waals surface area contributed by atoms with Crippen LogP contribution in [0.15, 0.2) is 11.0 Å². The highest BCUT2D eigenvalue weighted by molar-refractivity contribution is 7.89. The van der Waals surface area contributed by atoms with Gasteiger partial charge in [0, 0.05) is 17.5 Å². The lowest BCUT2D eigenvalue weighted by molar-refractivity contribution is 0.0702. The van der Waals surface area contributed by atoms with Crippen molar-refractivity contribution in [2.24, 2.45) is 0 Å². The highest BCUT2D eigenvalue weighted by Crippen LogP contribution is 2.32. The molecule has 0 saturated heterocycles. The zero-order chi connectivity index (χ0) is 14.9. The first-order chi connectivity index (χ1) is 9.37. The van der Waals surface area contributed by atoms with Crippen LogP contribution in [0, 0.1) is 6.92 Å². The van der Waals surface area contributed by atoms with Gasteiger partial charge in [-0.2, -0.15) is 4.31 Å². The summed E-state index contributed by atoms with van der Waals surface area (Å²) in [6.45, 7) is 3.91. The van der Waals surface area contributed by atoms with Gasteiger partial charge in [0.1, 0.15) is 4.88 Å². The van der Waals surface area contributed by atoms with E-state index in [-0.39, 0.29) is 15.8 Å². The van der Waals surface area contributed by atoms with Crippen LogP contribution in [0.5, 0.6) is 0 Å². The van der Waals surface area contributed by atoms with Crippen LogP contribution in [-0.4, -0.2) is 36.4 Å². The summed E-state index contributed by atoms with van der Waals surface area (Å²) in [7, 11) is -3.60. The van der Waals surface area contributed by atoms with E-state index < -0.39 is 16.0 Å². The Morgan fingerprint density at radius 2 is 2.05 bits per heavy atom. The molecule has 112 valence electrons. The van der Waals surface area contributed by atoms with E-state index in [9.17, 15) is 13.2 Å². The number of aryl methyl sites for hydroxylation is 1. The zero-order valence-electron chi connectivity index (χ0n) is 11.6. The van der Waals surface area contributed by atoms with Crippen LogP contribution in [0.4, 0.5) is 0 Å². The fourth-order valence-electron chi connectivity index (χ4n) is 2.77. The van der Waals surface area contributed by atoms with E-state index in [0.29, 0.717) is 11.4 Å². The lowest BCUT2D eigenvalue weighted by atomic mass is 10.2. The van der Waals surface area contributed by atoms with Gasteiger partial charge in [0.25, 0.3) is 0 Å². The Hall–Kier alpha value is -0.920. The number of hydrogen-bond acceptors (Lipinski definition) is 4. The number of thiophene rings is 1. The Morgan fingerprint density at radius 3 is 2.50 bits per heavy atom. The summed E-state index contributed by atoms with van der Waals surface area (Å²) >= 11 is 1.01. The van der Waals surface area contributed by atoms with Crippen LogP contribution in [-0.2, 0) is 10.0 Å². The number of hydrogen-bond donors (Lipinski definition) is 1. The maximum absolute atomic E-state index is 12.7. The van der Waals surface area contributed by atoms with Gasteiger partial charge in [0.2, 0.25) is 10.0 Å². The summed E-state index contributed by atoms with van der Waals surface area (Å²) in [5.41, 5.74) is 0. The van der Waals surface area contributed by atoms with Gasteiger partial charge in [-0.25, -0.2) is 13.2 Å². The molecule has 1 aromatic rings. The van der Waals surface area contributed by atoms with Gasteiger partial charge in [0.15, 0.2) is 0 Å². The third-order valence-corrected chi connectivity index (χ3v) is 7.03. The highest BCUT2D eigenvalue weighted by atomic mass is 32.2. The molecule has 0 spiro atoms. The normalized spacial score (nSPS) is 16.9. The van der Waals surface area contributed by atoms with Crippen LogP contribution in [0.3, 0.4) is 0 Å². The quantitative estimate of drug-likeness (QED) is 0.906. The number of carboxylic acids is 1. The molecule has 2 rings (SSSR count). The molecule has 7 heteroatoms. The zero-order valence-corrected chi connectivity index (χ0v) is 13.3. The Balaban J connectivity index is 2.40. The molecule has 1 aliphatic carbocycles. The van der Waals surface area contributed by atoms with Gasteiger partial charge >= 0.3 is 5.97 Å². The van der Waals surface area contributed by atoms with Gasteiger partial charge in [-0.3, -0.25) is 0 Å². The second kappa shape index (κ2) is 5.83. The Bertz CT molecular complexity index is 600. The monoisotopic (exact) mass is 317 g/mol. The van der Waals surface area contributed by atoms with E-state index >= 15 is 0 Å². The summed E-state index contributed by atoms with van der Waals surface area (Å²) in [5.74, 6) is -1.08. The molecule has 0 atom stereocenters. The third kappa shape index (κ3) is 2.75. The summed E-state index contributed by atoms with van der Waals surface area (Å²) in [4.78, 5) is 11.8. The van der Waals surface area contributed by atoms with E-state index in [4.69, 9.17) is 5.11 Å². The highest BCUT2D eigenvalue weighted by Gasteiger charge is 2.34. The Labute approximate surface area is 123 Å². The van der Waals surface area contributed by atoms with Crippen molar-refractivity contribution in [2.75, 3.05) is 6.54 Å². The van der Waals surface area contributed by atoms with Crippen LogP contribution < -0.4 is 0 Å². The number of sulfonamides is 1. The molecule has 20 heavy (non-hydrogen) atoms. The van der Waals surface area contributed by atoms with Crippen molar-refractivity contribution in [1.82, 2.24) is 4.31 Å². The molecule has 0 aliphatic heterocycles. The standard InChI is InChI=1S/C13H19NO4S2/c1-3-14(10-6-4-5-7-10)20(17,18)12-8-11(13(15)16)19-9(12)2/h8,10H,3-7H2,1-2H3,(H,15,16). The number of carboxylic acid groups (broad SMARTS) is 1. The Morgan fingerprint density at radius 1 is 1.45 bits per heavy atom. The first-order valence-corrected chi connectivity index (χ1v) is 8.99. The molecule has 0 bridgehead atoms. The van der Waals surface area contributed by atoms with E-state index in [1.807, 2.05) is 6.92 Å². The number of carbonyl (C=O) groups is 1. The molecule has 1 fully saturated rings. The van der Waals surface area contributed by atoms with E-state index in [2.05, 4.69) is 0 Å². The van der Waals surface area contributed by atoms with Gasteiger partial charge in [-0.1, -0.05) is 19.8 Å². The largest absolute Gasteiger partial charge is 0.477 e. The molecular weight excluding hydrogens is 298 g/mol. The minimum absolute atomic E-state index is 0.0533. The Kier molecular flexibility index (Phi) is 4.51. The molecule has 0 amide bonds. The molecule has 1 N–H and O–H groups in total. The average Bonchev–Trinajstić information content (AvgIpc) is 2.99. The summed E-state index contributed by atoms with van der Waals surface area (Å²) in [5, 5.41) is 9.00. The number of aromatic carboxylic acids is 1. The predicted octanol–water partition coefficient (Wildman–Crippen LogP) is 2.71. The molecule has 0 unspecified atom stereocenters. The summed E-state index contributed by atoms with van der Waals surface area (Å²) < 4.78 is 27.0. The molecule has 1 saturated carbocycles. The topological polar surface area (TPSA) is 74.7 Å². The van der Waals surface area contributed by atoms with Gasteiger partial charge in [-0.05, 0) is 25.8 Å². The lowest BCUT2D eigenvalue weighted by Crippen LogP contribution is -2.38. The molecular formula is C13H19NO4S2. The molecule has 0 aromatic carbocycles. The average molecular weight is 317 g/mol. The van der Waals surface area contributed by atoms with Gasteiger partial charge in [0.05, 0.1) is 4.90 Å².